The quantitative estimate of drug-likeness (QED) is 0.254. The molecule has 0 radical (unpaired) electrons. The van der Waals surface area contributed by atoms with Crippen LogP contribution in [0.3, 0.4) is 0 Å². The number of halogens is 1. The molecule has 5 aromatic rings. The summed E-state index contributed by atoms with van der Waals surface area (Å²) in [6, 6.07) is 9.21. The van der Waals surface area contributed by atoms with E-state index in [0.29, 0.717) is 74.6 Å². The molecule has 5 heterocycles. The van der Waals surface area contributed by atoms with Crippen molar-refractivity contribution in [2.45, 2.75) is 39.8 Å². The molecule has 0 amide bonds. The number of aromatic nitrogens is 4. The molecule has 13 heteroatoms. The zero-order valence-electron chi connectivity index (χ0n) is 24.1. The summed E-state index contributed by atoms with van der Waals surface area (Å²) in [5.41, 5.74) is 3.25. The van der Waals surface area contributed by atoms with E-state index in [-0.39, 0.29) is 35.2 Å². The summed E-state index contributed by atoms with van der Waals surface area (Å²) >= 11 is 7.67. The van der Waals surface area contributed by atoms with Gasteiger partial charge in [-0.25, -0.2) is 14.8 Å². The third kappa shape index (κ3) is 5.13. The van der Waals surface area contributed by atoms with Crippen molar-refractivity contribution in [3.63, 3.8) is 0 Å². The first-order valence-electron chi connectivity index (χ1n) is 13.9. The SMILES string of the molecule is Cc1cc(-c2cc(Cl)ccc2OCCn2c(C)nc3c(C)nc(N4CCC(O)C4)c(C#N)c3c2=O)c2scc(C(=O)O)c2n1. The molecular weight excluding hydrogens is 604 g/mol. The van der Waals surface area contributed by atoms with Crippen molar-refractivity contribution < 1.29 is 19.7 Å². The minimum absolute atomic E-state index is 0.0950. The fourth-order valence-corrected chi connectivity index (χ4v) is 6.82. The first-order valence-corrected chi connectivity index (χ1v) is 15.1. The minimum atomic E-state index is -1.05. The number of thiophene rings is 1. The Morgan fingerprint density at radius 1 is 1.18 bits per heavy atom. The van der Waals surface area contributed by atoms with Crippen LogP contribution in [0.1, 0.15) is 39.6 Å². The Hall–Kier alpha value is -4.57. The van der Waals surface area contributed by atoms with E-state index in [1.165, 1.54) is 15.9 Å². The maximum absolute atomic E-state index is 13.9. The highest BCUT2D eigenvalue weighted by Crippen LogP contribution is 2.40. The van der Waals surface area contributed by atoms with Gasteiger partial charge in [-0.1, -0.05) is 11.6 Å². The van der Waals surface area contributed by atoms with Crippen molar-refractivity contribution in [3.8, 4) is 22.9 Å². The number of carboxylic acid groups (broad SMARTS) is 1. The smallest absolute Gasteiger partial charge is 0.338 e. The number of aliphatic hydroxyl groups is 1. The molecule has 44 heavy (non-hydrogen) atoms. The number of aryl methyl sites for hydroxylation is 3. The number of β-amino-alcohol motifs (C(OH)–C–C–N with tert-alkyl or cyclic N) is 1. The lowest BCUT2D eigenvalue weighted by Gasteiger charge is -2.20. The van der Waals surface area contributed by atoms with E-state index in [0.717, 1.165) is 5.56 Å². The maximum atomic E-state index is 13.9. The summed E-state index contributed by atoms with van der Waals surface area (Å²) in [7, 11) is 0. The average Bonchev–Trinajstić information content (AvgIpc) is 3.61. The molecule has 1 atom stereocenters. The summed E-state index contributed by atoms with van der Waals surface area (Å²) in [4.78, 5) is 41.2. The number of hydrogen-bond donors (Lipinski definition) is 2. The van der Waals surface area contributed by atoms with Crippen LogP contribution < -0.4 is 15.2 Å². The van der Waals surface area contributed by atoms with Gasteiger partial charge in [0.2, 0.25) is 0 Å². The number of carbonyl (C=O) groups is 1. The Morgan fingerprint density at radius 3 is 2.68 bits per heavy atom. The van der Waals surface area contributed by atoms with E-state index in [1.807, 2.05) is 11.0 Å². The topological polar surface area (TPSA) is 154 Å². The van der Waals surface area contributed by atoms with Gasteiger partial charge in [0.25, 0.3) is 5.56 Å². The number of pyridine rings is 2. The van der Waals surface area contributed by atoms with Crippen molar-refractivity contribution in [3.05, 3.63) is 73.4 Å². The predicted octanol–water partition coefficient (Wildman–Crippen LogP) is 4.87. The number of benzene rings is 1. The highest BCUT2D eigenvalue weighted by Gasteiger charge is 2.27. The summed E-state index contributed by atoms with van der Waals surface area (Å²) < 4.78 is 8.40. The molecule has 1 fully saturated rings. The number of hydrogen-bond acceptors (Lipinski definition) is 10. The molecule has 1 aliphatic heterocycles. The number of carboxylic acids is 1. The molecule has 2 N–H and O–H groups in total. The van der Waals surface area contributed by atoms with Gasteiger partial charge in [0.05, 0.1) is 39.5 Å². The van der Waals surface area contributed by atoms with Gasteiger partial charge in [-0.05, 0) is 51.5 Å². The Balaban J connectivity index is 1.36. The molecule has 0 aliphatic carbocycles. The normalized spacial score (nSPS) is 14.8. The number of nitriles is 1. The van der Waals surface area contributed by atoms with Crippen molar-refractivity contribution in [1.82, 2.24) is 19.5 Å². The highest BCUT2D eigenvalue weighted by molar-refractivity contribution is 7.18. The van der Waals surface area contributed by atoms with Crippen LogP contribution in [0.25, 0.3) is 32.2 Å². The monoisotopic (exact) mass is 630 g/mol. The van der Waals surface area contributed by atoms with Crippen LogP contribution >= 0.6 is 22.9 Å². The summed E-state index contributed by atoms with van der Waals surface area (Å²) in [6.45, 7) is 6.38. The standard InChI is InChI=1S/C31H27ClN6O5S/c1-15-10-21(28-27(34-15)23(14-44-28)31(41)42)20-11-18(32)4-5-24(20)43-9-8-38-17(3)36-26-16(2)35-29(37-7-6-19(39)13-37)22(12-33)25(26)30(38)40/h4-5,10-11,14,19,39H,6-9,13H2,1-3H3,(H,41,42). The Labute approximate surface area is 260 Å². The second kappa shape index (κ2) is 11.5. The van der Waals surface area contributed by atoms with Crippen LogP contribution in [0.4, 0.5) is 5.82 Å². The van der Waals surface area contributed by atoms with Crippen LogP contribution in [0.2, 0.25) is 5.02 Å². The van der Waals surface area contributed by atoms with E-state index in [9.17, 15) is 25.1 Å². The van der Waals surface area contributed by atoms with Crippen molar-refractivity contribution >= 4 is 55.8 Å². The number of fused-ring (bicyclic) bond motifs is 2. The zero-order chi connectivity index (χ0) is 31.3. The molecule has 1 unspecified atom stereocenters. The van der Waals surface area contributed by atoms with Crippen LogP contribution in [-0.2, 0) is 6.54 Å². The lowest BCUT2D eigenvalue weighted by atomic mass is 10.0. The molecule has 0 bridgehead atoms. The number of rotatable bonds is 7. The maximum Gasteiger partial charge on any atom is 0.338 e. The molecule has 11 nitrogen and oxygen atoms in total. The lowest BCUT2D eigenvalue weighted by Crippen LogP contribution is -2.29. The molecule has 224 valence electrons. The average molecular weight is 631 g/mol. The highest BCUT2D eigenvalue weighted by atomic mass is 35.5. The van der Waals surface area contributed by atoms with Crippen LogP contribution in [-0.4, -0.2) is 61.5 Å². The van der Waals surface area contributed by atoms with Gasteiger partial charge in [0.15, 0.2) is 0 Å². The summed E-state index contributed by atoms with van der Waals surface area (Å²) in [5, 5.41) is 32.0. The van der Waals surface area contributed by atoms with Crippen molar-refractivity contribution in [2.75, 3.05) is 24.6 Å². The number of nitrogens with zero attached hydrogens (tertiary/aromatic N) is 6. The predicted molar refractivity (Wildman–Crippen MR) is 168 cm³/mol. The van der Waals surface area contributed by atoms with E-state index in [2.05, 4.69) is 21.0 Å². The van der Waals surface area contributed by atoms with Crippen LogP contribution in [0.15, 0.2) is 34.4 Å². The molecule has 0 saturated carbocycles. The Kier molecular flexibility index (Phi) is 7.71. The molecule has 1 aromatic carbocycles. The number of ether oxygens (including phenoxy) is 1. The van der Waals surface area contributed by atoms with Crippen LogP contribution in [0.5, 0.6) is 5.75 Å². The second-order valence-corrected chi connectivity index (χ2v) is 12.0. The zero-order valence-corrected chi connectivity index (χ0v) is 25.7. The van der Waals surface area contributed by atoms with E-state index < -0.39 is 12.1 Å². The van der Waals surface area contributed by atoms with E-state index in [1.54, 1.807) is 44.4 Å². The fraction of sp³-hybridized carbons (Fsp3) is 0.290. The van der Waals surface area contributed by atoms with Gasteiger partial charge < -0.3 is 19.8 Å². The largest absolute Gasteiger partial charge is 0.491 e. The van der Waals surface area contributed by atoms with Gasteiger partial charge in [-0.2, -0.15) is 5.26 Å². The third-order valence-electron chi connectivity index (χ3n) is 7.71. The Bertz CT molecular complexity index is 2090. The van der Waals surface area contributed by atoms with Gasteiger partial charge in [-0.15, -0.1) is 11.3 Å². The fourth-order valence-electron chi connectivity index (χ4n) is 5.63. The molecular formula is C31H27ClN6O5S. The Morgan fingerprint density at radius 2 is 1.98 bits per heavy atom. The van der Waals surface area contributed by atoms with Gasteiger partial charge >= 0.3 is 5.97 Å². The van der Waals surface area contributed by atoms with Gasteiger partial charge in [0.1, 0.15) is 41.1 Å². The first kappa shape index (κ1) is 29.5. The summed E-state index contributed by atoms with van der Waals surface area (Å²) in [6.07, 6.45) is 0.0372. The lowest BCUT2D eigenvalue weighted by molar-refractivity contribution is 0.0699. The van der Waals surface area contributed by atoms with E-state index in [4.69, 9.17) is 16.3 Å². The molecule has 6 rings (SSSR count). The number of anilines is 1. The second-order valence-electron chi connectivity index (χ2n) is 10.7. The molecule has 1 aliphatic rings. The number of aromatic carboxylic acids is 1. The molecule has 4 aromatic heterocycles. The molecule has 0 spiro atoms. The van der Waals surface area contributed by atoms with E-state index >= 15 is 0 Å². The number of aliphatic hydroxyl groups excluding tert-OH is 1. The van der Waals surface area contributed by atoms with Gasteiger partial charge in [-0.3, -0.25) is 14.3 Å². The van der Waals surface area contributed by atoms with Crippen LogP contribution in [0, 0.1) is 32.1 Å². The summed E-state index contributed by atoms with van der Waals surface area (Å²) in [5.74, 6) is 0.276. The third-order valence-corrected chi connectivity index (χ3v) is 8.95. The minimum Gasteiger partial charge on any atom is -0.491 e. The van der Waals surface area contributed by atoms with Gasteiger partial charge in [0, 0.05) is 40.3 Å². The first-order chi connectivity index (χ1) is 21.1. The van der Waals surface area contributed by atoms with Crippen molar-refractivity contribution in [2.24, 2.45) is 0 Å². The van der Waals surface area contributed by atoms with Crippen molar-refractivity contribution in [1.29, 1.82) is 5.26 Å². The molecule has 1 saturated heterocycles.